The lowest BCUT2D eigenvalue weighted by Gasteiger charge is -2.07. The van der Waals surface area contributed by atoms with Crippen molar-refractivity contribution in [3.8, 4) is 0 Å². The molecule has 14 heavy (non-hydrogen) atoms. The average molecular weight is 199 g/mol. The summed E-state index contributed by atoms with van der Waals surface area (Å²) in [6.45, 7) is 0.0254. The number of hydrogen-bond donors (Lipinski definition) is 2. The Morgan fingerprint density at radius 1 is 1.64 bits per heavy atom. The van der Waals surface area contributed by atoms with Crippen LogP contribution in [0, 0.1) is 5.82 Å². The zero-order valence-corrected chi connectivity index (χ0v) is 7.58. The van der Waals surface area contributed by atoms with Crippen molar-refractivity contribution in [2.45, 2.75) is 6.61 Å². The van der Waals surface area contributed by atoms with Crippen LogP contribution >= 0.6 is 0 Å². The molecule has 0 saturated heterocycles. The molecule has 1 aromatic carbocycles. The molecule has 3 N–H and O–H groups in total. The highest BCUT2D eigenvalue weighted by Crippen LogP contribution is 2.19. The van der Waals surface area contributed by atoms with Gasteiger partial charge < -0.3 is 15.6 Å². The van der Waals surface area contributed by atoms with Crippen LogP contribution in [-0.4, -0.2) is 18.2 Å². The number of benzene rings is 1. The molecule has 0 bridgehead atoms. The number of carboxylic acid groups (broad SMARTS) is 1. The Kier molecular flexibility index (Phi) is 3.03. The molecular formula is C9H10FNO3. The van der Waals surface area contributed by atoms with Gasteiger partial charge in [0.15, 0.2) is 0 Å². The minimum Gasteiger partial charge on any atom is -0.478 e. The van der Waals surface area contributed by atoms with Crippen LogP contribution in [-0.2, 0) is 11.3 Å². The highest BCUT2D eigenvalue weighted by molar-refractivity contribution is 5.89. The van der Waals surface area contributed by atoms with E-state index >= 15 is 0 Å². The van der Waals surface area contributed by atoms with Crippen LogP contribution in [0.1, 0.15) is 15.9 Å². The van der Waals surface area contributed by atoms with Gasteiger partial charge in [-0.2, -0.15) is 0 Å². The lowest BCUT2D eigenvalue weighted by molar-refractivity contribution is 0.0696. The molecule has 0 aliphatic heterocycles. The van der Waals surface area contributed by atoms with Crippen molar-refractivity contribution in [3.05, 3.63) is 29.1 Å². The van der Waals surface area contributed by atoms with Gasteiger partial charge in [0.25, 0.3) is 0 Å². The molecule has 1 aromatic rings. The second kappa shape index (κ2) is 4.06. The number of aromatic carboxylic acids is 1. The van der Waals surface area contributed by atoms with Crippen LogP contribution < -0.4 is 5.73 Å². The topological polar surface area (TPSA) is 72.5 Å². The second-order valence-electron chi connectivity index (χ2n) is 2.76. The Hall–Kier alpha value is -1.62. The van der Waals surface area contributed by atoms with Crippen LogP contribution in [0.25, 0.3) is 0 Å². The van der Waals surface area contributed by atoms with E-state index in [1.54, 1.807) is 0 Å². The van der Waals surface area contributed by atoms with Crippen molar-refractivity contribution in [2.24, 2.45) is 0 Å². The molecule has 1 rings (SSSR count). The first-order valence-electron chi connectivity index (χ1n) is 3.86. The number of rotatable bonds is 3. The molecule has 4 nitrogen and oxygen atoms in total. The maximum absolute atomic E-state index is 13.2. The maximum atomic E-state index is 13.2. The first-order chi connectivity index (χ1) is 6.56. The van der Waals surface area contributed by atoms with E-state index in [1.165, 1.54) is 13.2 Å². The van der Waals surface area contributed by atoms with Crippen LogP contribution in [0.3, 0.4) is 0 Å². The van der Waals surface area contributed by atoms with Gasteiger partial charge in [-0.3, -0.25) is 0 Å². The standard InChI is InChI=1S/C9H10FNO3/c1-14-4-6-7(10)2-5(9(12)13)3-8(6)11/h2-3H,4,11H2,1H3,(H,12,13). The maximum Gasteiger partial charge on any atom is 0.335 e. The van der Waals surface area contributed by atoms with Gasteiger partial charge in [0.1, 0.15) is 5.82 Å². The summed E-state index contributed by atoms with van der Waals surface area (Å²) in [6, 6.07) is 2.13. The van der Waals surface area contributed by atoms with Crippen LogP contribution in [0.5, 0.6) is 0 Å². The molecule has 0 saturated carbocycles. The Balaban J connectivity index is 3.18. The molecule has 0 aliphatic carbocycles. The number of anilines is 1. The van der Waals surface area contributed by atoms with Gasteiger partial charge in [-0.1, -0.05) is 0 Å². The zero-order chi connectivity index (χ0) is 10.7. The lowest BCUT2D eigenvalue weighted by Crippen LogP contribution is -2.05. The number of methoxy groups -OCH3 is 1. The fourth-order valence-electron chi connectivity index (χ4n) is 1.08. The number of hydrogen-bond acceptors (Lipinski definition) is 3. The third-order valence-electron chi connectivity index (χ3n) is 1.77. The summed E-state index contributed by atoms with van der Waals surface area (Å²) in [7, 11) is 1.41. The number of carboxylic acids is 1. The molecular weight excluding hydrogens is 189 g/mol. The summed E-state index contributed by atoms with van der Waals surface area (Å²) in [5.41, 5.74) is 5.56. The predicted octanol–water partition coefficient (Wildman–Crippen LogP) is 1.25. The number of carbonyl (C=O) groups is 1. The van der Waals surface area contributed by atoms with Crippen molar-refractivity contribution >= 4 is 11.7 Å². The summed E-state index contributed by atoms with van der Waals surface area (Å²) in [5, 5.41) is 8.60. The van der Waals surface area contributed by atoms with Crippen molar-refractivity contribution in [1.82, 2.24) is 0 Å². The van der Waals surface area contributed by atoms with E-state index in [4.69, 9.17) is 15.6 Å². The summed E-state index contributed by atoms with van der Waals surface area (Å²) in [4.78, 5) is 10.5. The van der Waals surface area contributed by atoms with Crippen molar-refractivity contribution in [1.29, 1.82) is 0 Å². The van der Waals surface area contributed by atoms with Crippen LogP contribution in [0.4, 0.5) is 10.1 Å². The Morgan fingerprint density at radius 3 is 2.71 bits per heavy atom. The van der Waals surface area contributed by atoms with Gasteiger partial charge in [-0.05, 0) is 12.1 Å². The fraction of sp³-hybridized carbons (Fsp3) is 0.222. The van der Waals surface area contributed by atoms with Crippen molar-refractivity contribution < 1.29 is 19.0 Å². The highest BCUT2D eigenvalue weighted by Gasteiger charge is 2.12. The Labute approximate surface area is 80.1 Å². The van der Waals surface area contributed by atoms with Gasteiger partial charge in [0, 0.05) is 18.4 Å². The first-order valence-corrected chi connectivity index (χ1v) is 3.86. The Morgan fingerprint density at radius 2 is 2.29 bits per heavy atom. The lowest BCUT2D eigenvalue weighted by atomic mass is 10.1. The molecule has 0 unspecified atom stereocenters. The SMILES string of the molecule is COCc1c(N)cc(C(=O)O)cc1F. The van der Waals surface area contributed by atoms with Crippen LogP contribution in [0.15, 0.2) is 12.1 Å². The first kappa shape index (κ1) is 10.5. The normalized spacial score (nSPS) is 10.1. The molecule has 0 amide bonds. The molecule has 5 heteroatoms. The number of ether oxygens (including phenoxy) is 1. The number of halogens is 1. The highest BCUT2D eigenvalue weighted by atomic mass is 19.1. The predicted molar refractivity (Wildman–Crippen MR) is 48.5 cm³/mol. The molecule has 0 aromatic heterocycles. The third kappa shape index (κ3) is 2.00. The molecule has 0 radical (unpaired) electrons. The molecule has 0 fully saturated rings. The van der Waals surface area contributed by atoms with Gasteiger partial charge in [-0.15, -0.1) is 0 Å². The number of nitrogens with two attached hydrogens (primary N) is 1. The monoisotopic (exact) mass is 199 g/mol. The summed E-state index contributed by atoms with van der Waals surface area (Å²) >= 11 is 0. The van der Waals surface area contributed by atoms with Gasteiger partial charge in [-0.25, -0.2) is 9.18 Å². The smallest absolute Gasteiger partial charge is 0.335 e. The minimum atomic E-state index is -1.21. The second-order valence-corrected chi connectivity index (χ2v) is 2.76. The van der Waals surface area contributed by atoms with Crippen molar-refractivity contribution in [2.75, 3.05) is 12.8 Å². The van der Waals surface area contributed by atoms with Crippen LogP contribution in [0.2, 0.25) is 0 Å². The van der Waals surface area contributed by atoms with E-state index < -0.39 is 11.8 Å². The van der Waals surface area contributed by atoms with E-state index in [0.717, 1.165) is 6.07 Å². The molecule has 0 spiro atoms. The van der Waals surface area contributed by atoms with E-state index in [1.807, 2.05) is 0 Å². The number of nitrogen functional groups attached to an aromatic ring is 1. The molecule has 0 aliphatic rings. The van der Waals surface area contributed by atoms with Gasteiger partial charge >= 0.3 is 5.97 Å². The summed E-state index contributed by atoms with van der Waals surface area (Å²) < 4.78 is 18.0. The molecule has 76 valence electrons. The zero-order valence-electron chi connectivity index (χ0n) is 7.58. The van der Waals surface area contributed by atoms with E-state index in [9.17, 15) is 9.18 Å². The van der Waals surface area contributed by atoms with Crippen molar-refractivity contribution in [3.63, 3.8) is 0 Å². The van der Waals surface area contributed by atoms with E-state index in [0.29, 0.717) is 0 Å². The van der Waals surface area contributed by atoms with Gasteiger partial charge in [0.2, 0.25) is 0 Å². The summed E-state index contributed by atoms with van der Waals surface area (Å²) in [6.07, 6.45) is 0. The van der Waals surface area contributed by atoms with E-state index in [-0.39, 0.29) is 23.4 Å². The largest absolute Gasteiger partial charge is 0.478 e. The van der Waals surface area contributed by atoms with E-state index in [2.05, 4.69) is 0 Å². The Bertz CT molecular complexity index is 342. The average Bonchev–Trinajstić information content (AvgIpc) is 2.10. The van der Waals surface area contributed by atoms with Gasteiger partial charge in [0.05, 0.1) is 12.2 Å². The summed E-state index contributed by atoms with van der Waals surface area (Å²) in [5.74, 6) is -1.87. The molecule has 0 atom stereocenters. The third-order valence-corrected chi connectivity index (χ3v) is 1.77. The quantitative estimate of drug-likeness (QED) is 0.718. The fourth-order valence-corrected chi connectivity index (χ4v) is 1.08. The molecule has 0 heterocycles. The minimum absolute atomic E-state index is 0.0254.